The molecule has 0 aliphatic carbocycles. The minimum atomic E-state index is -0.178. The standard InChI is InChI=1S/C23H26N6O/c1-4-29-9-5-6-20(29)19-10-16-13-24-22(12-18(16)25-19)26-23(30)15-7-8-17-14(2)27-28(3)21(17)11-15/h7-8,10-13,20,25H,4-6,9H2,1-3H3,(H,24,26,30). The number of anilines is 1. The van der Waals surface area contributed by atoms with Gasteiger partial charge < -0.3 is 10.3 Å². The van der Waals surface area contributed by atoms with Crippen LogP contribution in [0, 0.1) is 6.92 Å². The molecule has 1 fully saturated rings. The number of benzene rings is 1. The van der Waals surface area contributed by atoms with Crippen molar-refractivity contribution in [3.8, 4) is 0 Å². The van der Waals surface area contributed by atoms with Crippen molar-refractivity contribution in [2.24, 2.45) is 7.05 Å². The van der Waals surface area contributed by atoms with E-state index in [0.29, 0.717) is 17.4 Å². The maximum absolute atomic E-state index is 12.8. The van der Waals surface area contributed by atoms with Gasteiger partial charge in [0.2, 0.25) is 0 Å². The van der Waals surface area contributed by atoms with E-state index in [2.05, 4.69) is 38.3 Å². The van der Waals surface area contributed by atoms with Crippen molar-refractivity contribution in [3.63, 3.8) is 0 Å². The highest BCUT2D eigenvalue weighted by Gasteiger charge is 2.26. The van der Waals surface area contributed by atoms with Gasteiger partial charge in [0.1, 0.15) is 5.82 Å². The molecule has 1 aromatic carbocycles. The summed E-state index contributed by atoms with van der Waals surface area (Å²) in [5, 5.41) is 9.47. The molecular weight excluding hydrogens is 376 g/mol. The molecule has 7 heteroatoms. The van der Waals surface area contributed by atoms with Crippen LogP contribution in [0.2, 0.25) is 0 Å². The zero-order chi connectivity index (χ0) is 20.8. The molecule has 30 heavy (non-hydrogen) atoms. The molecule has 4 aromatic rings. The van der Waals surface area contributed by atoms with E-state index >= 15 is 0 Å². The molecule has 0 radical (unpaired) electrons. The number of amides is 1. The molecule has 1 amide bonds. The van der Waals surface area contributed by atoms with Crippen molar-refractivity contribution in [2.45, 2.75) is 32.7 Å². The van der Waals surface area contributed by atoms with Gasteiger partial charge in [0.05, 0.1) is 16.7 Å². The van der Waals surface area contributed by atoms with Crippen molar-refractivity contribution in [2.75, 3.05) is 18.4 Å². The average molecular weight is 403 g/mol. The van der Waals surface area contributed by atoms with E-state index in [4.69, 9.17) is 0 Å². The van der Waals surface area contributed by atoms with Crippen LogP contribution in [-0.2, 0) is 7.05 Å². The minimum Gasteiger partial charge on any atom is -0.357 e. The molecule has 1 atom stereocenters. The SMILES string of the molecule is CCN1CCCC1c1cc2cnc(NC(=O)c3ccc4c(C)nn(C)c4c3)cc2[nH]1. The second-order valence-electron chi connectivity index (χ2n) is 8.06. The number of aromatic amines is 1. The molecule has 5 rings (SSSR count). The molecule has 7 nitrogen and oxygen atoms in total. The first-order valence-corrected chi connectivity index (χ1v) is 10.5. The quantitative estimate of drug-likeness (QED) is 0.537. The van der Waals surface area contributed by atoms with Crippen LogP contribution in [0.15, 0.2) is 36.5 Å². The lowest BCUT2D eigenvalue weighted by Gasteiger charge is -2.21. The van der Waals surface area contributed by atoms with Crippen LogP contribution in [0.25, 0.3) is 21.8 Å². The van der Waals surface area contributed by atoms with Crippen LogP contribution in [0.4, 0.5) is 5.82 Å². The van der Waals surface area contributed by atoms with Gasteiger partial charge in [0, 0.05) is 47.4 Å². The third-order valence-electron chi connectivity index (χ3n) is 6.19. The highest BCUT2D eigenvalue weighted by atomic mass is 16.1. The highest BCUT2D eigenvalue weighted by Crippen LogP contribution is 2.33. The van der Waals surface area contributed by atoms with Gasteiger partial charge >= 0.3 is 0 Å². The molecule has 0 spiro atoms. The first kappa shape index (κ1) is 18.8. The van der Waals surface area contributed by atoms with E-state index in [1.165, 1.54) is 18.5 Å². The lowest BCUT2D eigenvalue weighted by Crippen LogP contribution is -2.22. The molecule has 154 valence electrons. The summed E-state index contributed by atoms with van der Waals surface area (Å²) < 4.78 is 1.80. The zero-order valence-corrected chi connectivity index (χ0v) is 17.6. The molecule has 3 aromatic heterocycles. The second kappa shape index (κ2) is 7.25. The molecule has 1 aliphatic rings. The number of nitrogens with zero attached hydrogens (tertiary/aromatic N) is 4. The van der Waals surface area contributed by atoms with E-state index in [1.807, 2.05) is 44.4 Å². The third-order valence-corrected chi connectivity index (χ3v) is 6.19. The summed E-state index contributed by atoms with van der Waals surface area (Å²) in [6.07, 6.45) is 4.23. The Morgan fingerprint density at radius 2 is 2.17 bits per heavy atom. The lowest BCUT2D eigenvalue weighted by atomic mass is 10.1. The van der Waals surface area contributed by atoms with Crippen LogP contribution >= 0.6 is 0 Å². The number of hydrogen-bond donors (Lipinski definition) is 2. The van der Waals surface area contributed by atoms with E-state index in [9.17, 15) is 4.79 Å². The Balaban J connectivity index is 1.40. The maximum Gasteiger partial charge on any atom is 0.256 e. The van der Waals surface area contributed by atoms with Crippen LogP contribution in [0.3, 0.4) is 0 Å². The first-order valence-electron chi connectivity index (χ1n) is 10.5. The fraction of sp³-hybridized carbons (Fsp3) is 0.348. The Labute approximate surface area is 175 Å². The van der Waals surface area contributed by atoms with Gasteiger partial charge in [-0.05, 0) is 51.1 Å². The number of carbonyl (C=O) groups is 1. The van der Waals surface area contributed by atoms with Crippen LogP contribution in [-0.4, -0.2) is 43.6 Å². The van der Waals surface area contributed by atoms with Crippen molar-refractivity contribution in [1.82, 2.24) is 24.6 Å². The highest BCUT2D eigenvalue weighted by molar-refractivity contribution is 6.06. The Kier molecular flexibility index (Phi) is 4.55. The monoisotopic (exact) mass is 402 g/mol. The average Bonchev–Trinajstić information content (AvgIpc) is 3.44. The molecule has 1 unspecified atom stereocenters. The van der Waals surface area contributed by atoms with Crippen LogP contribution in [0.1, 0.15) is 47.6 Å². The molecule has 1 aliphatic heterocycles. The normalized spacial score (nSPS) is 17.2. The summed E-state index contributed by atoms with van der Waals surface area (Å²) in [6, 6.07) is 10.2. The largest absolute Gasteiger partial charge is 0.357 e. The number of fused-ring (bicyclic) bond motifs is 2. The van der Waals surface area contributed by atoms with Crippen molar-refractivity contribution < 1.29 is 4.79 Å². The number of nitrogens with one attached hydrogen (secondary N) is 2. The smallest absolute Gasteiger partial charge is 0.256 e. The van der Waals surface area contributed by atoms with Crippen molar-refractivity contribution in [1.29, 1.82) is 0 Å². The van der Waals surface area contributed by atoms with Gasteiger partial charge in [0.25, 0.3) is 5.91 Å². The number of aryl methyl sites for hydroxylation is 2. The maximum atomic E-state index is 12.8. The number of pyridine rings is 1. The van der Waals surface area contributed by atoms with E-state index in [-0.39, 0.29) is 5.91 Å². The van der Waals surface area contributed by atoms with Gasteiger partial charge in [-0.1, -0.05) is 13.0 Å². The predicted molar refractivity (Wildman–Crippen MR) is 119 cm³/mol. The van der Waals surface area contributed by atoms with Crippen molar-refractivity contribution in [3.05, 3.63) is 53.5 Å². The summed E-state index contributed by atoms with van der Waals surface area (Å²) >= 11 is 0. The molecule has 1 saturated heterocycles. The van der Waals surface area contributed by atoms with E-state index < -0.39 is 0 Å². The Bertz CT molecular complexity index is 1250. The fourth-order valence-corrected chi connectivity index (χ4v) is 4.62. The summed E-state index contributed by atoms with van der Waals surface area (Å²) in [5.41, 5.74) is 4.71. The molecular formula is C23H26N6O. The summed E-state index contributed by atoms with van der Waals surface area (Å²) in [7, 11) is 1.89. The number of carbonyl (C=O) groups excluding carboxylic acids is 1. The number of likely N-dealkylation sites (tertiary alicyclic amines) is 1. The Morgan fingerprint density at radius 3 is 3.00 bits per heavy atom. The summed E-state index contributed by atoms with van der Waals surface area (Å²) in [4.78, 5) is 23.3. The van der Waals surface area contributed by atoms with Crippen LogP contribution in [0.5, 0.6) is 0 Å². The predicted octanol–water partition coefficient (Wildman–Crippen LogP) is 4.17. The van der Waals surface area contributed by atoms with E-state index in [0.717, 1.165) is 40.6 Å². The topological polar surface area (TPSA) is 78.8 Å². The van der Waals surface area contributed by atoms with Crippen LogP contribution < -0.4 is 5.32 Å². The van der Waals surface area contributed by atoms with Gasteiger partial charge in [-0.3, -0.25) is 14.4 Å². The Morgan fingerprint density at radius 1 is 1.30 bits per heavy atom. The Hall–Kier alpha value is -3.19. The molecule has 0 saturated carbocycles. The van der Waals surface area contributed by atoms with E-state index in [1.54, 1.807) is 4.68 Å². The van der Waals surface area contributed by atoms with Gasteiger partial charge in [-0.25, -0.2) is 4.98 Å². The minimum absolute atomic E-state index is 0.178. The third kappa shape index (κ3) is 3.15. The summed E-state index contributed by atoms with van der Waals surface area (Å²) in [6.45, 7) is 6.38. The molecule has 2 N–H and O–H groups in total. The zero-order valence-electron chi connectivity index (χ0n) is 17.6. The number of rotatable bonds is 4. The van der Waals surface area contributed by atoms with Gasteiger partial charge in [0.15, 0.2) is 0 Å². The number of hydrogen-bond acceptors (Lipinski definition) is 4. The molecule has 0 bridgehead atoms. The van der Waals surface area contributed by atoms with Crippen molar-refractivity contribution >= 4 is 33.5 Å². The lowest BCUT2D eigenvalue weighted by molar-refractivity contribution is 0.102. The summed E-state index contributed by atoms with van der Waals surface area (Å²) in [5.74, 6) is 0.364. The number of aromatic nitrogens is 4. The fourth-order valence-electron chi connectivity index (χ4n) is 4.62. The number of H-pyrrole nitrogens is 1. The first-order chi connectivity index (χ1) is 14.5. The molecule has 4 heterocycles. The van der Waals surface area contributed by atoms with Gasteiger partial charge in [-0.2, -0.15) is 5.10 Å². The second-order valence-corrected chi connectivity index (χ2v) is 8.06. The van der Waals surface area contributed by atoms with Gasteiger partial charge in [-0.15, -0.1) is 0 Å².